The maximum Gasteiger partial charge on any atom is 0.410 e. The molecule has 0 aromatic heterocycles. The van der Waals surface area contributed by atoms with Crippen molar-refractivity contribution in [2.75, 3.05) is 13.1 Å². The van der Waals surface area contributed by atoms with Gasteiger partial charge in [0, 0.05) is 19.5 Å². The van der Waals surface area contributed by atoms with Gasteiger partial charge in [0.15, 0.2) is 0 Å². The molecule has 1 aliphatic carbocycles. The van der Waals surface area contributed by atoms with Crippen LogP contribution in [-0.2, 0) is 11.3 Å². The molecule has 3 rings (SSSR count). The van der Waals surface area contributed by atoms with E-state index < -0.39 is 17.4 Å². The number of likely N-dealkylation sites (tertiary alicyclic amines) is 1. The number of nitrogens with zero attached hydrogens (tertiary/aromatic N) is 1. The first-order valence-electron chi connectivity index (χ1n) is 6.36. The van der Waals surface area contributed by atoms with E-state index >= 15 is 0 Å². The summed E-state index contributed by atoms with van der Waals surface area (Å²) in [6.45, 7) is 0.663. The summed E-state index contributed by atoms with van der Waals surface area (Å²) in [5.41, 5.74) is -0.0693. The number of rotatable bonds is 2. The Morgan fingerprint density at radius 3 is 2.58 bits per heavy atom. The van der Waals surface area contributed by atoms with Crippen LogP contribution in [0.4, 0.5) is 13.6 Å². The van der Waals surface area contributed by atoms with Crippen molar-refractivity contribution in [3.05, 3.63) is 35.9 Å². The lowest BCUT2D eigenvalue weighted by Gasteiger charge is -2.16. The molecule has 1 spiro atoms. The fourth-order valence-corrected chi connectivity index (χ4v) is 2.66. The van der Waals surface area contributed by atoms with E-state index in [1.54, 1.807) is 0 Å². The molecule has 5 heteroatoms. The summed E-state index contributed by atoms with van der Waals surface area (Å²) in [5, 5.41) is 0. The molecular weight excluding hydrogens is 252 g/mol. The zero-order valence-electron chi connectivity index (χ0n) is 10.4. The van der Waals surface area contributed by atoms with E-state index in [2.05, 4.69) is 0 Å². The second kappa shape index (κ2) is 4.18. The maximum absolute atomic E-state index is 13.2. The Hall–Kier alpha value is -1.65. The van der Waals surface area contributed by atoms with Crippen LogP contribution in [0.25, 0.3) is 0 Å². The van der Waals surface area contributed by atoms with Gasteiger partial charge in [-0.2, -0.15) is 0 Å². The van der Waals surface area contributed by atoms with Crippen LogP contribution in [0.5, 0.6) is 0 Å². The Morgan fingerprint density at radius 1 is 1.32 bits per heavy atom. The van der Waals surface area contributed by atoms with Gasteiger partial charge in [0.2, 0.25) is 0 Å². The number of hydrogen-bond donors (Lipinski definition) is 0. The number of halogens is 2. The van der Waals surface area contributed by atoms with Crippen LogP contribution in [0.1, 0.15) is 18.4 Å². The predicted molar refractivity (Wildman–Crippen MR) is 64.8 cm³/mol. The van der Waals surface area contributed by atoms with Crippen molar-refractivity contribution >= 4 is 6.09 Å². The molecule has 102 valence electrons. The zero-order valence-corrected chi connectivity index (χ0v) is 10.4. The Kier molecular flexibility index (Phi) is 2.73. The molecule has 1 aromatic carbocycles. The minimum atomic E-state index is -2.60. The predicted octanol–water partition coefficient (Wildman–Crippen LogP) is 3.05. The van der Waals surface area contributed by atoms with Crippen molar-refractivity contribution in [1.29, 1.82) is 0 Å². The van der Waals surface area contributed by atoms with Gasteiger partial charge in [0.1, 0.15) is 6.61 Å². The third kappa shape index (κ3) is 2.17. The molecule has 1 atom stereocenters. The minimum Gasteiger partial charge on any atom is -0.445 e. The summed E-state index contributed by atoms with van der Waals surface area (Å²) in [5.74, 6) is -2.60. The van der Waals surface area contributed by atoms with Gasteiger partial charge < -0.3 is 9.64 Å². The number of carbonyl (C=O) groups excluding carboxylic acids is 1. The minimum absolute atomic E-state index is 0.0948. The van der Waals surface area contributed by atoms with Crippen LogP contribution in [-0.4, -0.2) is 30.0 Å². The SMILES string of the molecule is O=C(OCc1ccccc1)N1CC[C@]2(C1)CC2(F)F. The average Bonchev–Trinajstić information content (AvgIpc) is 2.75. The summed E-state index contributed by atoms with van der Waals surface area (Å²) in [4.78, 5) is 13.2. The normalized spacial score (nSPS) is 27.6. The van der Waals surface area contributed by atoms with Crippen molar-refractivity contribution < 1.29 is 18.3 Å². The summed E-state index contributed by atoms with van der Waals surface area (Å²) in [6, 6.07) is 9.31. The molecule has 1 heterocycles. The largest absolute Gasteiger partial charge is 0.445 e. The maximum atomic E-state index is 13.2. The van der Waals surface area contributed by atoms with Gasteiger partial charge in [-0.3, -0.25) is 0 Å². The topological polar surface area (TPSA) is 29.5 Å². The average molecular weight is 267 g/mol. The van der Waals surface area contributed by atoms with Crippen LogP contribution >= 0.6 is 0 Å². The van der Waals surface area contributed by atoms with E-state index in [9.17, 15) is 13.6 Å². The lowest BCUT2D eigenvalue weighted by Crippen LogP contribution is -2.30. The van der Waals surface area contributed by atoms with Gasteiger partial charge in [-0.05, 0) is 12.0 Å². The van der Waals surface area contributed by atoms with Gasteiger partial charge >= 0.3 is 6.09 Å². The third-order valence-electron chi connectivity index (χ3n) is 4.03. The van der Waals surface area contributed by atoms with Crippen LogP contribution in [0, 0.1) is 5.41 Å². The summed E-state index contributed by atoms with van der Waals surface area (Å²) < 4.78 is 31.5. The molecule has 0 radical (unpaired) electrons. The molecule has 0 unspecified atom stereocenters. The van der Waals surface area contributed by atoms with Crippen LogP contribution in [0.2, 0.25) is 0 Å². The monoisotopic (exact) mass is 267 g/mol. The number of alkyl halides is 2. The first kappa shape index (κ1) is 12.4. The second-order valence-corrected chi connectivity index (χ2v) is 5.37. The van der Waals surface area contributed by atoms with Gasteiger partial charge in [-0.1, -0.05) is 30.3 Å². The number of ether oxygens (including phenoxy) is 1. The van der Waals surface area contributed by atoms with E-state index in [4.69, 9.17) is 4.74 Å². The number of carbonyl (C=O) groups is 1. The van der Waals surface area contributed by atoms with Gasteiger partial charge in [0.25, 0.3) is 5.92 Å². The Labute approximate surface area is 110 Å². The summed E-state index contributed by atoms with van der Waals surface area (Å²) in [6.07, 6.45) is -0.216. The Morgan fingerprint density at radius 2 is 2.00 bits per heavy atom. The fraction of sp³-hybridized carbons (Fsp3) is 0.500. The highest BCUT2D eigenvalue weighted by molar-refractivity contribution is 5.68. The molecule has 1 saturated heterocycles. The molecule has 2 fully saturated rings. The van der Waals surface area contributed by atoms with E-state index in [0.29, 0.717) is 13.0 Å². The molecular formula is C14H15F2NO2. The van der Waals surface area contributed by atoms with Crippen molar-refractivity contribution in [1.82, 2.24) is 4.90 Å². The van der Waals surface area contributed by atoms with Crippen molar-refractivity contribution in [2.24, 2.45) is 5.41 Å². The third-order valence-corrected chi connectivity index (χ3v) is 4.03. The van der Waals surface area contributed by atoms with Crippen molar-refractivity contribution in [3.8, 4) is 0 Å². The highest BCUT2D eigenvalue weighted by atomic mass is 19.3. The number of amides is 1. The number of benzene rings is 1. The molecule has 1 saturated carbocycles. The quantitative estimate of drug-likeness (QED) is 0.824. The second-order valence-electron chi connectivity index (χ2n) is 5.37. The number of hydrogen-bond acceptors (Lipinski definition) is 2. The molecule has 1 aromatic rings. The summed E-state index contributed by atoms with van der Waals surface area (Å²) in [7, 11) is 0. The summed E-state index contributed by atoms with van der Waals surface area (Å²) >= 11 is 0. The standard InChI is InChI=1S/C14H15F2NO2/c15-14(16)9-13(14)6-7-17(10-13)12(18)19-8-11-4-2-1-3-5-11/h1-5H,6-10H2/t13-/m1/s1. The van der Waals surface area contributed by atoms with Gasteiger partial charge in [-0.25, -0.2) is 13.6 Å². The molecule has 0 N–H and O–H groups in total. The van der Waals surface area contributed by atoms with Gasteiger partial charge in [0.05, 0.1) is 5.41 Å². The molecule has 19 heavy (non-hydrogen) atoms. The van der Waals surface area contributed by atoms with Crippen LogP contribution in [0.15, 0.2) is 30.3 Å². The van der Waals surface area contributed by atoms with Crippen molar-refractivity contribution in [3.63, 3.8) is 0 Å². The first-order valence-corrected chi connectivity index (χ1v) is 6.36. The molecule has 0 bridgehead atoms. The first-order chi connectivity index (χ1) is 9.02. The van der Waals surface area contributed by atoms with E-state index in [1.807, 2.05) is 30.3 Å². The zero-order chi connectivity index (χ0) is 13.5. The highest BCUT2D eigenvalue weighted by Crippen LogP contribution is 2.65. The molecule has 1 amide bonds. The smallest absolute Gasteiger partial charge is 0.410 e. The van der Waals surface area contributed by atoms with Crippen molar-refractivity contribution in [2.45, 2.75) is 25.4 Å². The van der Waals surface area contributed by atoms with Crippen LogP contribution in [0.3, 0.4) is 0 Å². The van der Waals surface area contributed by atoms with E-state index in [1.165, 1.54) is 4.90 Å². The Balaban J connectivity index is 1.52. The molecule has 3 nitrogen and oxygen atoms in total. The highest BCUT2D eigenvalue weighted by Gasteiger charge is 2.73. The lowest BCUT2D eigenvalue weighted by molar-refractivity contribution is 0.0630. The van der Waals surface area contributed by atoms with E-state index in [-0.39, 0.29) is 19.6 Å². The van der Waals surface area contributed by atoms with Gasteiger partial charge in [-0.15, -0.1) is 0 Å². The molecule has 1 aliphatic heterocycles. The molecule has 2 aliphatic rings. The van der Waals surface area contributed by atoms with E-state index in [0.717, 1.165) is 5.56 Å². The lowest BCUT2D eigenvalue weighted by atomic mass is 10.1. The Bertz CT molecular complexity index is 491. The fourth-order valence-electron chi connectivity index (χ4n) is 2.66. The van der Waals surface area contributed by atoms with Crippen LogP contribution < -0.4 is 0 Å².